The molecule has 2 heterocycles. The van der Waals surface area contributed by atoms with Gasteiger partial charge in [-0.2, -0.15) is 0 Å². The zero-order chi connectivity index (χ0) is 31.3. The van der Waals surface area contributed by atoms with Crippen LogP contribution < -0.4 is 20.7 Å². The predicted molar refractivity (Wildman–Crippen MR) is 163 cm³/mol. The van der Waals surface area contributed by atoms with E-state index in [1.54, 1.807) is 27.2 Å². The lowest BCUT2D eigenvalue weighted by atomic mass is 9.79. The van der Waals surface area contributed by atoms with Crippen molar-refractivity contribution < 1.29 is 28.8 Å². The summed E-state index contributed by atoms with van der Waals surface area (Å²) >= 11 is 0. The van der Waals surface area contributed by atoms with Gasteiger partial charge in [0, 0.05) is 18.9 Å². The average molecular weight is 599 g/mol. The molecule has 4 atom stereocenters. The van der Waals surface area contributed by atoms with Gasteiger partial charge >= 0.3 is 5.69 Å². The summed E-state index contributed by atoms with van der Waals surface area (Å²) in [6.45, 7) is 1.46. The SMILES string of the molecule is CC#Cc1cn([C@@H]2O[C@H](COC(c3ccccc3)(c3ccccc3)c3cccc(OC)c3OC)[C@@H](O)[C@H]2OC)c(=O)[nH]c1=O. The maximum absolute atomic E-state index is 12.8. The van der Waals surface area contributed by atoms with E-state index in [1.807, 2.05) is 72.8 Å². The number of benzene rings is 3. The van der Waals surface area contributed by atoms with Crippen molar-refractivity contribution in [1.29, 1.82) is 0 Å². The van der Waals surface area contributed by atoms with Crippen molar-refractivity contribution in [2.75, 3.05) is 27.9 Å². The van der Waals surface area contributed by atoms with Gasteiger partial charge in [0.1, 0.15) is 29.5 Å². The second-order valence-corrected chi connectivity index (χ2v) is 10.1. The molecule has 5 rings (SSSR count). The normalized spacial score (nSPS) is 19.7. The van der Waals surface area contributed by atoms with Crippen LogP contribution in [0.1, 0.15) is 35.4 Å². The molecular weight excluding hydrogens is 564 g/mol. The van der Waals surface area contributed by atoms with Gasteiger partial charge in [-0.3, -0.25) is 14.3 Å². The summed E-state index contributed by atoms with van der Waals surface area (Å²) in [5.41, 5.74) is -0.238. The Hall–Kier alpha value is -4.66. The van der Waals surface area contributed by atoms with E-state index in [0.717, 1.165) is 11.1 Å². The Morgan fingerprint density at radius 3 is 2.16 bits per heavy atom. The fourth-order valence-corrected chi connectivity index (χ4v) is 5.67. The minimum Gasteiger partial charge on any atom is -0.493 e. The molecule has 10 heteroatoms. The van der Waals surface area contributed by atoms with Crippen molar-refractivity contribution in [3.8, 4) is 23.3 Å². The third kappa shape index (κ3) is 5.54. The fourth-order valence-electron chi connectivity index (χ4n) is 5.67. The van der Waals surface area contributed by atoms with Crippen LogP contribution in [0.15, 0.2) is 94.6 Å². The van der Waals surface area contributed by atoms with Gasteiger partial charge < -0.3 is 28.8 Å². The quantitative estimate of drug-likeness (QED) is 0.211. The van der Waals surface area contributed by atoms with Crippen molar-refractivity contribution in [3.63, 3.8) is 0 Å². The van der Waals surface area contributed by atoms with Crippen LogP contribution >= 0.6 is 0 Å². The van der Waals surface area contributed by atoms with Crippen molar-refractivity contribution in [2.24, 2.45) is 0 Å². The fraction of sp³-hybridized carbons (Fsp3) is 0.294. The van der Waals surface area contributed by atoms with Gasteiger partial charge in [-0.15, -0.1) is 5.92 Å². The van der Waals surface area contributed by atoms with E-state index < -0.39 is 41.4 Å². The highest BCUT2D eigenvalue weighted by Crippen LogP contribution is 2.48. The van der Waals surface area contributed by atoms with Crippen LogP contribution in [0.4, 0.5) is 0 Å². The number of nitrogens with one attached hydrogen (secondary N) is 1. The number of H-pyrrole nitrogens is 1. The first-order chi connectivity index (χ1) is 21.4. The summed E-state index contributed by atoms with van der Waals surface area (Å²) in [7, 11) is 4.55. The summed E-state index contributed by atoms with van der Waals surface area (Å²) in [6, 6.07) is 24.9. The molecule has 1 aromatic heterocycles. The first kappa shape index (κ1) is 30.8. The molecular formula is C34H34N2O8. The molecule has 0 aliphatic carbocycles. The van der Waals surface area contributed by atoms with Crippen molar-refractivity contribution in [3.05, 3.63) is 128 Å². The van der Waals surface area contributed by atoms with Gasteiger partial charge in [-0.05, 0) is 24.1 Å². The number of ether oxygens (including phenoxy) is 5. The van der Waals surface area contributed by atoms with Gasteiger partial charge in [0.2, 0.25) is 0 Å². The lowest BCUT2D eigenvalue weighted by Gasteiger charge is -2.38. The number of methoxy groups -OCH3 is 3. The van der Waals surface area contributed by atoms with Crippen LogP contribution in [-0.4, -0.2) is 60.9 Å². The van der Waals surface area contributed by atoms with Crippen LogP contribution in [0.25, 0.3) is 0 Å². The third-order valence-corrected chi connectivity index (χ3v) is 7.69. The summed E-state index contributed by atoms with van der Waals surface area (Å²) < 4.78 is 31.5. The number of nitrogens with zero attached hydrogens (tertiary/aromatic N) is 1. The first-order valence-electron chi connectivity index (χ1n) is 14.0. The Bertz CT molecular complexity index is 1720. The molecule has 0 saturated carbocycles. The Labute approximate surface area is 254 Å². The van der Waals surface area contributed by atoms with Gasteiger partial charge in [-0.25, -0.2) is 4.79 Å². The second kappa shape index (κ2) is 13.3. The van der Waals surface area contributed by atoms with E-state index in [9.17, 15) is 14.7 Å². The monoisotopic (exact) mass is 598 g/mol. The van der Waals surface area contributed by atoms with Crippen LogP contribution in [0.3, 0.4) is 0 Å². The standard InChI is InChI=1S/C34H34N2O8/c1-5-13-22-20-36(33(39)35-31(22)38)32-30(42-4)28(37)27(44-32)21-43-34(23-14-8-6-9-15-23,24-16-10-7-11-17-24)25-18-12-19-26(40-2)29(25)41-3/h6-12,14-20,27-28,30,32,37H,21H2,1-4H3,(H,35,38,39)/t27-,28-,30-,32-/m1/s1. The first-order valence-corrected chi connectivity index (χ1v) is 14.0. The molecule has 2 N–H and O–H groups in total. The molecule has 10 nitrogen and oxygen atoms in total. The highest BCUT2D eigenvalue weighted by atomic mass is 16.6. The average Bonchev–Trinajstić information content (AvgIpc) is 3.37. The molecule has 4 aromatic rings. The summed E-state index contributed by atoms with van der Waals surface area (Å²) in [5.74, 6) is 6.34. The Morgan fingerprint density at radius 1 is 0.932 bits per heavy atom. The van der Waals surface area contributed by atoms with Gasteiger partial charge in [-0.1, -0.05) is 78.7 Å². The zero-order valence-corrected chi connectivity index (χ0v) is 24.9. The van der Waals surface area contributed by atoms with Gasteiger partial charge in [0.05, 0.1) is 20.8 Å². The number of hydrogen-bond donors (Lipinski definition) is 2. The van der Waals surface area contributed by atoms with Crippen LogP contribution in [0.5, 0.6) is 11.5 Å². The van der Waals surface area contributed by atoms with E-state index in [-0.39, 0.29) is 12.2 Å². The number of aromatic nitrogens is 2. The van der Waals surface area contributed by atoms with E-state index in [1.165, 1.54) is 17.9 Å². The number of hydrogen-bond acceptors (Lipinski definition) is 8. The molecule has 228 valence electrons. The number of rotatable bonds is 10. The number of aliphatic hydroxyl groups excluding tert-OH is 1. The molecule has 1 aliphatic heterocycles. The van der Waals surface area contributed by atoms with Crippen molar-refractivity contribution >= 4 is 0 Å². The molecule has 1 saturated heterocycles. The largest absolute Gasteiger partial charge is 0.493 e. The molecule has 44 heavy (non-hydrogen) atoms. The summed E-state index contributed by atoms with van der Waals surface area (Å²) in [4.78, 5) is 27.4. The molecule has 1 fully saturated rings. The molecule has 0 spiro atoms. The van der Waals surface area contributed by atoms with Crippen molar-refractivity contribution in [2.45, 2.75) is 37.1 Å². The topological polar surface area (TPSA) is 121 Å². The highest BCUT2D eigenvalue weighted by molar-refractivity contribution is 5.57. The van der Waals surface area contributed by atoms with Crippen LogP contribution in [0.2, 0.25) is 0 Å². The molecule has 1 aliphatic rings. The molecule has 0 unspecified atom stereocenters. The number of para-hydroxylation sites is 1. The minimum atomic E-state index is -1.25. The van der Waals surface area contributed by atoms with Crippen LogP contribution in [-0.2, 0) is 19.8 Å². The molecule has 0 amide bonds. The minimum absolute atomic E-state index is 0.0806. The zero-order valence-electron chi connectivity index (χ0n) is 24.9. The Balaban J connectivity index is 1.61. The second-order valence-electron chi connectivity index (χ2n) is 10.1. The summed E-state index contributed by atoms with van der Waals surface area (Å²) in [5, 5.41) is 11.4. The highest BCUT2D eigenvalue weighted by Gasteiger charge is 2.48. The van der Waals surface area contributed by atoms with E-state index in [2.05, 4.69) is 16.8 Å². The molecule has 0 radical (unpaired) electrons. The van der Waals surface area contributed by atoms with E-state index in [4.69, 9.17) is 23.7 Å². The predicted octanol–water partition coefficient (Wildman–Crippen LogP) is 3.21. The Morgan fingerprint density at radius 2 is 1.59 bits per heavy atom. The van der Waals surface area contributed by atoms with Gasteiger partial charge in [0.15, 0.2) is 17.7 Å². The maximum Gasteiger partial charge on any atom is 0.330 e. The van der Waals surface area contributed by atoms with E-state index in [0.29, 0.717) is 17.1 Å². The van der Waals surface area contributed by atoms with Crippen molar-refractivity contribution in [1.82, 2.24) is 9.55 Å². The van der Waals surface area contributed by atoms with Gasteiger partial charge in [0.25, 0.3) is 5.56 Å². The lowest BCUT2D eigenvalue weighted by Crippen LogP contribution is -2.41. The smallest absolute Gasteiger partial charge is 0.330 e. The molecule has 0 bridgehead atoms. The Kier molecular flexibility index (Phi) is 9.32. The maximum atomic E-state index is 12.8. The lowest BCUT2D eigenvalue weighted by molar-refractivity contribution is -0.0970. The van der Waals surface area contributed by atoms with Crippen LogP contribution in [0, 0.1) is 11.8 Å². The number of aliphatic hydroxyl groups is 1. The third-order valence-electron chi connectivity index (χ3n) is 7.69. The molecule has 3 aromatic carbocycles. The van der Waals surface area contributed by atoms with E-state index >= 15 is 0 Å². The summed E-state index contributed by atoms with van der Waals surface area (Å²) in [6.07, 6.45) is -2.85. The number of aromatic amines is 1.